The van der Waals surface area contributed by atoms with Crippen LogP contribution in [0, 0.1) is 5.92 Å². The second-order valence-corrected chi connectivity index (χ2v) is 11.3. The lowest BCUT2D eigenvalue weighted by molar-refractivity contribution is -0.0229. The summed E-state index contributed by atoms with van der Waals surface area (Å²) in [4.78, 5) is 23.9. The molecule has 1 aliphatic carbocycles. The lowest BCUT2D eigenvalue weighted by atomic mass is 9.78. The Balaban J connectivity index is 1.04. The molecule has 0 radical (unpaired) electrons. The minimum Gasteiger partial charge on any atom is -0.385 e. The lowest BCUT2D eigenvalue weighted by Crippen LogP contribution is -2.51. The van der Waals surface area contributed by atoms with Crippen LogP contribution in [-0.4, -0.2) is 82.7 Å². The number of benzene rings is 1. The lowest BCUT2D eigenvalue weighted by Gasteiger charge is -2.40. The molecule has 0 spiro atoms. The monoisotopic (exact) mass is 531 g/mol. The first-order chi connectivity index (χ1) is 17.4. The predicted molar refractivity (Wildman–Crippen MR) is 144 cm³/mol. The van der Waals surface area contributed by atoms with Crippen molar-refractivity contribution in [2.24, 2.45) is 5.92 Å². The molecule has 9 heteroatoms. The highest BCUT2D eigenvalue weighted by Crippen LogP contribution is 2.39. The van der Waals surface area contributed by atoms with Crippen molar-refractivity contribution in [3.05, 3.63) is 58.3 Å². The average Bonchev–Trinajstić information content (AvgIpc) is 3.36. The smallest absolute Gasteiger partial charge is 0.321 e. The molecule has 2 amide bonds. The molecule has 3 fully saturated rings. The third-order valence-corrected chi connectivity index (χ3v) is 8.90. The quantitative estimate of drug-likeness (QED) is 0.585. The highest BCUT2D eigenvalue weighted by Gasteiger charge is 2.38. The van der Waals surface area contributed by atoms with Crippen molar-refractivity contribution in [2.45, 2.75) is 43.7 Å². The van der Waals surface area contributed by atoms with Crippen molar-refractivity contribution >= 4 is 34.9 Å². The third-order valence-electron chi connectivity index (χ3n) is 8.16. The summed E-state index contributed by atoms with van der Waals surface area (Å²) < 4.78 is 0. The van der Waals surface area contributed by atoms with Crippen LogP contribution >= 0.6 is 23.2 Å². The highest BCUT2D eigenvalue weighted by atomic mass is 35.5. The highest BCUT2D eigenvalue weighted by molar-refractivity contribution is 6.42. The Labute approximate surface area is 223 Å². The van der Waals surface area contributed by atoms with Gasteiger partial charge in [-0.25, -0.2) is 4.79 Å². The van der Waals surface area contributed by atoms with E-state index in [2.05, 4.69) is 20.1 Å². The number of carbonyl (C=O) groups is 1. The second kappa shape index (κ2) is 11.2. The Bertz CT molecular complexity index is 1040. The van der Waals surface area contributed by atoms with Crippen molar-refractivity contribution in [3.8, 4) is 0 Å². The number of halogens is 2. The fourth-order valence-electron chi connectivity index (χ4n) is 5.99. The van der Waals surface area contributed by atoms with Crippen LogP contribution < -0.4 is 5.32 Å². The molecular formula is C27H35Cl2N5O2. The molecule has 1 saturated carbocycles. The van der Waals surface area contributed by atoms with Crippen LogP contribution in [0.5, 0.6) is 0 Å². The molecule has 2 N–H and O–H groups in total. The molecule has 0 bridgehead atoms. The summed E-state index contributed by atoms with van der Waals surface area (Å²) in [5.74, 6) is 0.667. The Morgan fingerprint density at radius 3 is 2.53 bits per heavy atom. The number of aromatic nitrogens is 1. The number of urea groups is 1. The number of likely N-dealkylation sites (tertiary alicyclic amines) is 1. The maximum Gasteiger partial charge on any atom is 0.321 e. The summed E-state index contributed by atoms with van der Waals surface area (Å²) in [5, 5.41) is 15.0. The van der Waals surface area contributed by atoms with Gasteiger partial charge in [-0.05, 0) is 68.8 Å². The van der Waals surface area contributed by atoms with Gasteiger partial charge in [-0.1, -0.05) is 29.3 Å². The van der Waals surface area contributed by atoms with E-state index in [1.165, 1.54) is 6.42 Å². The average molecular weight is 533 g/mol. The van der Waals surface area contributed by atoms with Gasteiger partial charge in [0.25, 0.3) is 0 Å². The van der Waals surface area contributed by atoms with E-state index in [0.29, 0.717) is 27.7 Å². The summed E-state index contributed by atoms with van der Waals surface area (Å²) in [7, 11) is 0. The zero-order valence-electron chi connectivity index (χ0n) is 20.6. The maximum atomic E-state index is 12.7. The van der Waals surface area contributed by atoms with Crippen LogP contribution in [0.4, 0.5) is 10.5 Å². The number of hydrogen-bond acceptors (Lipinski definition) is 5. The van der Waals surface area contributed by atoms with Crippen LogP contribution in [0.2, 0.25) is 10.0 Å². The maximum absolute atomic E-state index is 12.7. The van der Waals surface area contributed by atoms with Gasteiger partial charge in [0.05, 0.1) is 15.6 Å². The van der Waals surface area contributed by atoms with Gasteiger partial charge in [-0.2, -0.15) is 0 Å². The molecule has 2 saturated heterocycles. The van der Waals surface area contributed by atoms with E-state index < -0.39 is 5.60 Å². The van der Waals surface area contributed by atoms with E-state index in [0.717, 1.165) is 77.1 Å². The minimum absolute atomic E-state index is 0.0939. The summed E-state index contributed by atoms with van der Waals surface area (Å²) in [6.07, 6.45) is 8.46. The van der Waals surface area contributed by atoms with E-state index in [9.17, 15) is 9.90 Å². The van der Waals surface area contributed by atoms with Crippen molar-refractivity contribution in [3.63, 3.8) is 0 Å². The molecule has 36 heavy (non-hydrogen) atoms. The van der Waals surface area contributed by atoms with Gasteiger partial charge in [0.2, 0.25) is 0 Å². The molecule has 1 aromatic heterocycles. The third kappa shape index (κ3) is 5.97. The molecule has 2 aromatic rings. The Morgan fingerprint density at radius 2 is 1.83 bits per heavy atom. The van der Waals surface area contributed by atoms with E-state index in [1.807, 2.05) is 23.2 Å². The van der Waals surface area contributed by atoms with Gasteiger partial charge in [0.15, 0.2) is 0 Å². The normalized spacial score (nSPS) is 27.8. The van der Waals surface area contributed by atoms with Gasteiger partial charge >= 0.3 is 6.03 Å². The molecule has 0 unspecified atom stereocenters. The van der Waals surface area contributed by atoms with Crippen LogP contribution in [0.1, 0.15) is 37.7 Å². The number of hydrogen-bond donors (Lipinski definition) is 2. The number of pyridine rings is 1. The fourth-order valence-corrected chi connectivity index (χ4v) is 6.29. The predicted octanol–water partition coefficient (Wildman–Crippen LogP) is 4.69. The zero-order valence-corrected chi connectivity index (χ0v) is 22.1. The summed E-state index contributed by atoms with van der Waals surface area (Å²) in [6.45, 7) is 6.60. The van der Waals surface area contributed by atoms with Crippen molar-refractivity contribution < 1.29 is 9.90 Å². The van der Waals surface area contributed by atoms with Gasteiger partial charge < -0.3 is 20.2 Å². The SMILES string of the molecule is O=C(Nc1ccc(Cl)c(Cl)c1)N1CCN(C[C@H]2CCN([C@H]3CC[C@](O)(c4cccnc4)CC3)C2)CC1. The number of piperazine rings is 1. The first-order valence-electron chi connectivity index (χ1n) is 13.0. The van der Waals surface area contributed by atoms with Crippen molar-refractivity contribution in [1.82, 2.24) is 19.7 Å². The number of amides is 2. The number of nitrogens with one attached hydrogen (secondary N) is 1. The molecule has 5 rings (SSSR count). The number of rotatable bonds is 5. The number of aliphatic hydroxyl groups is 1. The largest absolute Gasteiger partial charge is 0.385 e. The molecule has 1 aromatic carbocycles. The van der Waals surface area contributed by atoms with Crippen LogP contribution in [0.25, 0.3) is 0 Å². The molecule has 194 valence electrons. The van der Waals surface area contributed by atoms with E-state index in [4.69, 9.17) is 23.2 Å². The van der Waals surface area contributed by atoms with E-state index in [-0.39, 0.29) is 6.03 Å². The molecule has 7 nitrogen and oxygen atoms in total. The van der Waals surface area contributed by atoms with Crippen LogP contribution in [0.3, 0.4) is 0 Å². The second-order valence-electron chi connectivity index (χ2n) is 10.5. The van der Waals surface area contributed by atoms with Gasteiger partial charge in [0.1, 0.15) is 0 Å². The molecule has 3 heterocycles. The zero-order chi connectivity index (χ0) is 25.1. The Kier molecular flexibility index (Phi) is 8.03. The number of anilines is 1. The number of nitrogens with zero attached hydrogens (tertiary/aromatic N) is 4. The standard InChI is InChI=1S/C27H35Cl2N5O2/c28-24-4-3-22(16-25(24)29)31-26(35)33-14-12-32(13-15-33)18-20-7-11-34(19-20)23-5-8-27(36,9-6-23)21-2-1-10-30-17-21/h1-4,10,16-17,20,23,36H,5-9,11-15,18-19H2,(H,31,35)/t20-,23-,27+/m1/s1. The van der Waals surface area contributed by atoms with E-state index >= 15 is 0 Å². The summed E-state index contributed by atoms with van der Waals surface area (Å²) in [6, 6.07) is 9.51. The molecule has 1 atom stereocenters. The first kappa shape index (κ1) is 25.7. The molecular weight excluding hydrogens is 497 g/mol. The first-order valence-corrected chi connectivity index (χ1v) is 13.8. The summed E-state index contributed by atoms with van der Waals surface area (Å²) in [5.41, 5.74) is 0.882. The molecule has 2 aliphatic heterocycles. The van der Waals surface area contributed by atoms with Gasteiger partial charge in [0, 0.05) is 69.0 Å². The Hall–Kier alpha value is -1.90. The van der Waals surface area contributed by atoms with Crippen molar-refractivity contribution in [1.29, 1.82) is 0 Å². The van der Waals surface area contributed by atoms with Gasteiger partial charge in [-0.3, -0.25) is 9.88 Å². The van der Waals surface area contributed by atoms with Crippen LogP contribution in [-0.2, 0) is 5.60 Å². The van der Waals surface area contributed by atoms with Gasteiger partial charge in [-0.15, -0.1) is 0 Å². The summed E-state index contributed by atoms with van der Waals surface area (Å²) >= 11 is 12.0. The van der Waals surface area contributed by atoms with Crippen molar-refractivity contribution in [2.75, 3.05) is 51.1 Å². The Morgan fingerprint density at radius 1 is 1.06 bits per heavy atom. The fraction of sp³-hybridized carbons (Fsp3) is 0.556. The molecule has 3 aliphatic rings. The topological polar surface area (TPSA) is 71.9 Å². The minimum atomic E-state index is -0.727. The van der Waals surface area contributed by atoms with Crippen LogP contribution in [0.15, 0.2) is 42.7 Å². The number of carbonyl (C=O) groups excluding carboxylic acids is 1. The van der Waals surface area contributed by atoms with E-state index in [1.54, 1.807) is 24.4 Å².